The molecule has 4 N–H and O–H groups in total. The van der Waals surface area contributed by atoms with Gasteiger partial charge in [-0.05, 0) is 35.9 Å². The van der Waals surface area contributed by atoms with E-state index in [9.17, 15) is 10.1 Å². The van der Waals surface area contributed by atoms with Crippen molar-refractivity contribution in [1.82, 2.24) is 15.0 Å². The maximum Gasteiger partial charge on any atom is 0.232 e. The summed E-state index contributed by atoms with van der Waals surface area (Å²) in [4.78, 5) is 23.5. The zero-order valence-corrected chi connectivity index (χ0v) is 15.0. The Morgan fingerprint density at radius 2 is 1.75 bits per heavy atom. The zero-order chi connectivity index (χ0) is 19.9. The van der Waals surface area contributed by atoms with E-state index in [1.807, 2.05) is 30.3 Å². The van der Waals surface area contributed by atoms with Crippen LogP contribution in [-0.4, -0.2) is 20.9 Å². The molecule has 0 bridgehead atoms. The van der Waals surface area contributed by atoms with Crippen LogP contribution in [0.4, 0.5) is 23.3 Å². The second-order valence-electron chi connectivity index (χ2n) is 5.80. The fourth-order valence-corrected chi connectivity index (χ4v) is 2.40. The third-order valence-electron chi connectivity index (χ3n) is 3.59. The predicted octanol–water partition coefficient (Wildman–Crippen LogP) is 3.22. The van der Waals surface area contributed by atoms with Gasteiger partial charge in [-0.3, -0.25) is 4.79 Å². The molecule has 0 saturated heterocycles. The van der Waals surface area contributed by atoms with Crippen LogP contribution < -0.4 is 16.4 Å². The van der Waals surface area contributed by atoms with Gasteiger partial charge in [0.05, 0.1) is 5.57 Å². The highest BCUT2D eigenvalue weighted by Crippen LogP contribution is 2.19. The van der Waals surface area contributed by atoms with Crippen molar-refractivity contribution in [2.75, 3.05) is 16.4 Å². The highest BCUT2D eigenvalue weighted by molar-refractivity contribution is 5.90. The molecule has 8 nitrogen and oxygen atoms in total. The summed E-state index contributed by atoms with van der Waals surface area (Å²) < 4.78 is 0. The molecule has 0 aliphatic rings. The second kappa shape index (κ2) is 8.42. The van der Waals surface area contributed by atoms with Crippen molar-refractivity contribution >= 4 is 40.8 Å². The summed E-state index contributed by atoms with van der Waals surface area (Å²) in [5.74, 6) is 0.265. The number of nitrogen functional groups attached to an aromatic ring is 1. The molecule has 0 unspecified atom stereocenters. The summed E-state index contributed by atoms with van der Waals surface area (Å²) in [7, 11) is 0. The van der Waals surface area contributed by atoms with E-state index in [1.165, 1.54) is 6.92 Å². The standard InChI is InChI=1S/C20H17N7O/c1-13(28)23-17-9-7-14(8-10-17)11-15(12-21)18-25-19(22)27-20(26-18)24-16-5-3-2-4-6-16/h2-11H,1H3,(H,23,28)(H3,22,24,25,26,27). The lowest BCUT2D eigenvalue weighted by molar-refractivity contribution is -0.114. The monoisotopic (exact) mass is 371 g/mol. The first-order valence-corrected chi connectivity index (χ1v) is 8.37. The van der Waals surface area contributed by atoms with Gasteiger partial charge in [0.15, 0.2) is 5.82 Å². The molecule has 0 atom stereocenters. The minimum atomic E-state index is -0.153. The maximum atomic E-state index is 11.1. The van der Waals surface area contributed by atoms with Crippen molar-refractivity contribution in [3.8, 4) is 6.07 Å². The van der Waals surface area contributed by atoms with E-state index < -0.39 is 0 Å². The number of hydrogen-bond acceptors (Lipinski definition) is 7. The lowest BCUT2D eigenvalue weighted by Crippen LogP contribution is -2.06. The molecule has 0 aliphatic carbocycles. The Kier molecular flexibility index (Phi) is 5.58. The summed E-state index contributed by atoms with van der Waals surface area (Å²) in [5.41, 5.74) is 8.23. The van der Waals surface area contributed by atoms with Crippen LogP contribution >= 0.6 is 0 Å². The number of carbonyl (C=O) groups excluding carboxylic acids is 1. The van der Waals surface area contributed by atoms with E-state index in [1.54, 1.807) is 30.3 Å². The molecule has 1 heterocycles. The van der Waals surface area contributed by atoms with Crippen molar-refractivity contribution in [2.45, 2.75) is 6.92 Å². The van der Waals surface area contributed by atoms with Crippen LogP contribution in [0.1, 0.15) is 18.3 Å². The Balaban J connectivity index is 1.88. The van der Waals surface area contributed by atoms with Gasteiger partial charge in [0.25, 0.3) is 0 Å². The number of rotatable bonds is 5. The average molecular weight is 371 g/mol. The summed E-state index contributed by atoms with van der Waals surface area (Å²) in [6.07, 6.45) is 1.64. The molecule has 0 spiro atoms. The van der Waals surface area contributed by atoms with E-state index in [4.69, 9.17) is 5.73 Å². The molecule has 0 aliphatic heterocycles. The van der Waals surface area contributed by atoms with E-state index in [-0.39, 0.29) is 29.2 Å². The smallest absolute Gasteiger partial charge is 0.232 e. The number of aromatic nitrogens is 3. The van der Waals surface area contributed by atoms with Gasteiger partial charge in [0, 0.05) is 18.3 Å². The van der Waals surface area contributed by atoms with Crippen molar-refractivity contribution in [2.24, 2.45) is 0 Å². The molecule has 3 rings (SSSR count). The Bertz CT molecular complexity index is 1050. The van der Waals surface area contributed by atoms with Crippen molar-refractivity contribution < 1.29 is 4.79 Å². The highest BCUT2D eigenvalue weighted by atomic mass is 16.1. The number of hydrogen-bond donors (Lipinski definition) is 3. The number of amides is 1. The maximum absolute atomic E-state index is 11.1. The molecular weight excluding hydrogens is 354 g/mol. The van der Waals surface area contributed by atoms with Crippen LogP contribution in [-0.2, 0) is 4.79 Å². The van der Waals surface area contributed by atoms with E-state index in [2.05, 4.69) is 31.7 Å². The quantitative estimate of drug-likeness (QED) is 0.587. The van der Waals surface area contributed by atoms with Gasteiger partial charge >= 0.3 is 0 Å². The van der Waals surface area contributed by atoms with Gasteiger partial charge in [0.2, 0.25) is 17.8 Å². The van der Waals surface area contributed by atoms with Crippen LogP contribution in [0.3, 0.4) is 0 Å². The van der Waals surface area contributed by atoms with Crippen LogP contribution in [0.25, 0.3) is 11.6 Å². The molecular formula is C20H17N7O. The van der Waals surface area contributed by atoms with Crippen molar-refractivity contribution in [3.63, 3.8) is 0 Å². The number of allylic oxidation sites excluding steroid dienone is 1. The first-order chi connectivity index (χ1) is 13.5. The van der Waals surface area contributed by atoms with E-state index in [0.717, 1.165) is 11.3 Å². The lowest BCUT2D eigenvalue weighted by atomic mass is 10.1. The van der Waals surface area contributed by atoms with Gasteiger partial charge in [-0.2, -0.15) is 20.2 Å². The number of benzene rings is 2. The molecule has 1 aromatic heterocycles. The molecule has 8 heteroatoms. The van der Waals surface area contributed by atoms with Gasteiger partial charge in [0.1, 0.15) is 6.07 Å². The Hall–Kier alpha value is -4.25. The summed E-state index contributed by atoms with van der Waals surface area (Å²) in [6.45, 7) is 1.44. The number of nitrogens with zero attached hydrogens (tertiary/aromatic N) is 4. The highest BCUT2D eigenvalue weighted by Gasteiger charge is 2.10. The number of nitrogens with two attached hydrogens (primary N) is 1. The predicted molar refractivity (Wildman–Crippen MR) is 108 cm³/mol. The molecule has 0 fully saturated rings. The van der Waals surface area contributed by atoms with E-state index in [0.29, 0.717) is 5.69 Å². The number of anilines is 4. The fraction of sp³-hybridized carbons (Fsp3) is 0.0500. The van der Waals surface area contributed by atoms with Crippen LogP contribution in [0, 0.1) is 11.3 Å². The average Bonchev–Trinajstić information content (AvgIpc) is 2.67. The summed E-state index contributed by atoms with van der Waals surface area (Å²) >= 11 is 0. The Morgan fingerprint density at radius 3 is 2.39 bits per heavy atom. The number of carbonyl (C=O) groups is 1. The van der Waals surface area contributed by atoms with Gasteiger partial charge in [-0.25, -0.2) is 0 Å². The SMILES string of the molecule is CC(=O)Nc1ccc(C=C(C#N)c2nc(N)nc(Nc3ccccc3)n2)cc1. The van der Waals surface area contributed by atoms with Crippen molar-refractivity contribution in [3.05, 3.63) is 66.0 Å². The largest absolute Gasteiger partial charge is 0.368 e. The topological polar surface area (TPSA) is 130 Å². The second-order valence-corrected chi connectivity index (χ2v) is 5.80. The Labute approximate surface area is 161 Å². The third-order valence-corrected chi connectivity index (χ3v) is 3.59. The van der Waals surface area contributed by atoms with Crippen molar-refractivity contribution in [1.29, 1.82) is 5.26 Å². The minimum Gasteiger partial charge on any atom is -0.368 e. The molecule has 0 radical (unpaired) electrons. The van der Waals surface area contributed by atoms with Crippen LogP contribution in [0.5, 0.6) is 0 Å². The molecule has 138 valence electrons. The molecule has 1 amide bonds. The lowest BCUT2D eigenvalue weighted by Gasteiger charge is -2.07. The number of nitriles is 1. The first-order valence-electron chi connectivity index (χ1n) is 8.37. The molecule has 2 aromatic carbocycles. The normalized spacial score (nSPS) is 10.8. The first kappa shape index (κ1) is 18.5. The van der Waals surface area contributed by atoms with Crippen LogP contribution in [0.15, 0.2) is 54.6 Å². The fourth-order valence-electron chi connectivity index (χ4n) is 2.40. The van der Waals surface area contributed by atoms with Gasteiger partial charge < -0.3 is 16.4 Å². The van der Waals surface area contributed by atoms with Gasteiger partial charge in [-0.1, -0.05) is 30.3 Å². The third kappa shape index (κ3) is 4.89. The molecule has 28 heavy (non-hydrogen) atoms. The number of para-hydroxylation sites is 1. The molecule has 3 aromatic rings. The van der Waals surface area contributed by atoms with E-state index >= 15 is 0 Å². The molecule has 0 saturated carbocycles. The summed E-state index contributed by atoms with van der Waals surface area (Å²) in [5, 5.41) is 15.3. The van der Waals surface area contributed by atoms with Gasteiger partial charge in [-0.15, -0.1) is 0 Å². The Morgan fingerprint density at radius 1 is 1.04 bits per heavy atom. The zero-order valence-electron chi connectivity index (χ0n) is 15.0. The van der Waals surface area contributed by atoms with Crippen LogP contribution in [0.2, 0.25) is 0 Å². The minimum absolute atomic E-state index is 0.00517. The summed E-state index contributed by atoms with van der Waals surface area (Å²) in [6, 6.07) is 18.5. The number of nitrogens with one attached hydrogen (secondary N) is 2.